The number of rotatable bonds is 4. The molecule has 1 N–H and O–H groups in total. The molecule has 2 atom stereocenters. The van der Waals surface area contributed by atoms with Crippen LogP contribution in [0, 0.1) is 16.0 Å². The summed E-state index contributed by atoms with van der Waals surface area (Å²) >= 11 is 0. The largest absolute Gasteiger partial charge is 0.393 e. The second kappa shape index (κ2) is 5.03. The predicted molar refractivity (Wildman–Crippen MR) is 60.2 cm³/mol. The summed E-state index contributed by atoms with van der Waals surface area (Å²) in [7, 11) is 0. The van der Waals surface area contributed by atoms with Crippen molar-refractivity contribution in [3.8, 4) is 0 Å². The third-order valence-electron chi connectivity index (χ3n) is 2.63. The molecule has 0 aromatic carbocycles. The Balaban J connectivity index is 3.23. The Kier molecular flexibility index (Phi) is 3.95. The molecule has 5 nitrogen and oxygen atoms in total. The normalized spacial score (nSPS) is 14.8. The van der Waals surface area contributed by atoms with Gasteiger partial charge in [0.05, 0.1) is 11.0 Å². The molecular formula is C11H16N2O3. The van der Waals surface area contributed by atoms with Gasteiger partial charge in [-0.3, -0.25) is 15.1 Å². The van der Waals surface area contributed by atoms with Crippen LogP contribution in [0.15, 0.2) is 18.5 Å². The Morgan fingerprint density at radius 3 is 2.50 bits per heavy atom. The molecule has 1 aromatic heterocycles. The van der Waals surface area contributed by atoms with Gasteiger partial charge in [-0.15, -0.1) is 0 Å². The molecule has 0 radical (unpaired) electrons. The first-order valence-electron chi connectivity index (χ1n) is 5.21. The molecule has 0 spiro atoms. The van der Waals surface area contributed by atoms with Crippen molar-refractivity contribution in [2.45, 2.75) is 32.8 Å². The molecule has 0 aliphatic heterocycles. The fraction of sp³-hybridized carbons (Fsp3) is 0.545. The minimum absolute atomic E-state index is 0.0258. The monoisotopic (exact) mass is 224 g/mol. The highest BCUT2D eigenvalue weighted by molar-refractivity contribution is 5.40. The summed E-state index contributed by atoms with van der Waals surface area (Å²) in [6.07, 6.45) is 2.12. The van der Waals surface area contributed by atoms with Crippen LogP contribution in [-0.4, -0.2) is 21.1 Å². The van der Waals surface area contributed by atoms with Gasteiger partial charge in [-0.05, 0) is 18.9 Å². The van der Waals surface area contributed by atoms with Gasteiger partial charge in [0, 0.05) is 17.7 Å². The van der Waals surface area contributed by atoms with Crippen LogP contribution >= 0.6 is 0 Å². The smallest absolute Gasteiger partial charge is 0.291 e. The summed E-state index contributed by atoms with van der Waals surface area (Å²) in [5.41, 5.74) is 0.520. The lowest BCUT2D eigenvalue weighted by molar-refractivity contribution is -0.386. The fourth-order valence-corrected chi connectivity index (χ4v) is 2.01. The van der Waals surface area contributed by atoms with Crippen LogP contribution < -0.4 is 0 Å². The van der Waals surface area contributed by atoms with Crippen molar-refractivity contribution in [2.24, 2.45) is 5.92 Å². The van der Waals surface area contributed by atoms with Gasteiger partial charge >= 0.3 is 0 Å². The molecule has 0 aliphatic rings. The lowest BCUT2D eigenvalue weighted by Crippen LogP contribution is -2.21. The first-order chi connectivity index (χ1) is 7.45. The minimum atomic E-state index is -0.624. The zero-order chi connectivity index (χ0) is 12.3. The van der Waals surface area contributed by atoms with Crippen LogP contribution in [0.25, 0.3) is 0 Å². The zero-order valence-electron chi connectivity index (χ0n) is 9.62. The average Bonchev–Trinajstić information content (AvgIpc) is 2.17. The van der Waals surface area contributed by atoms with E-state index in [2.05, 4.69) is 4.98 Å². The Labute approximate surface area is 94.3 Å². The number of nitrogens with zero attached hydrogens (tertiary/aromatic N) is 2. The molecule has 0 saturated carbocycles. The van der Waals surface area contributed by atoms with Crippen molar-refractivity contribution in [1.29, 1.82) is 0 Å². The standard InChI is InChI=1S/C11H16N2O3/c1-7(2)11(8(3)14)9-4-5-12-6-10(9)13(15)16/h4-8,11,14H,1-3H3. The van der Waals surface area contributed by atoms with Gasteiger partial charge in [-0.1, -0.05) is 13.8 Å². The maximum Gasteiger partial charge on any atom is 0.291 e. The highest BCUT2D eigenvalue weighted by atomic mass is 16.6. The van der Waals surface area contributed by atoms with Crippen LogP contribution in [0.2, 0.25) is 0 Å². The Morgan fingerprint density at radius 1 is 1.44 bits per heavy atom. The fourth-order valence-electron chi connectivity index (χ4n) is 2.01. The molecule has 1 rings (SSSR count). The minimum Gasteiger partial charge on any atom is -0.393 e. The lowest BCUT2D eigenvalue weighted by Gasteiger charge is -2.23. The van der Waals surface area contributed by atoms with Gasteiger partial charge in [0.25, 0.3) is 5.69 Å². The van der Waals surface area contributed by atoms with Gasteiger partial charge < -0.3 is 5.11 Å². The van der Waals surface area contributed by atoms with E-state index in [1.165, 1.54) is 12.4 Å². The summed E-state index contributed by atoms with van der Waals surface area (Å²) in [6.45, 7) is 5.51. The van der Waals surface area contributed by atoms with E-state index in [-0.39, 0.29) is 17.5 Å². The van der Waals surface area contributed by atoms with E-state index in [0.29, 0.717) is 5.56 Å². The number of hydrogen-bond donors (Lipinski definition) is 1. The van der Waals surface area contributed by atoms with Gasteiger partial charge in [-0.25, -0.2) is 0 Å². The molecule has 88 valence electrons. The van der Waals surface area contributed by atoms with Crippen molar-refractivity contribution in [1.82, 2.24) is 4.98 Å². The quantitative estimate of drug-likeness (QED) is 0.627. The van der Waals surface area contributed by atoms with Crippen molar-refractivity contribution in [2.75, 3.05) is 0 Å². The van der Waals surface area contributed by atoms with E-state index >= 15 is 0 Å². The van der Waals surface area contributed by atoms with Gasteiger partial charge in [0.2, 0.25) is 0 Å². The van der Waals surface area contributed by atoms with E-state index < -0.39 is 11.0 Å². The van der Waals surface area contributed by atoms with E-state index in [4.69, 9.17) is 0 Å². The van der Waals surface area contributed by atoms with Gasteiger partial charge in [0.1, 0.15) is 6.20 Å². The Hall–Kier alpha value is -1.49. The van der Waals surface area contributed by atoms with Crippen LogP contribution in [0.1, 0.15) is 32.3 Å². The summed E-state index contributed by atoms with van der Waals surface area (Å²) < 4.78 is 0. The second-order valence-corrected chi connectivity index (χ2v) is 4.20. The summed E-state index contributed by atoms with van der Waals surface area (Å²) in [5.74, 6) is -0.121. The highest BCUT2D eigenvalue weighted by Crippen LogP contribution is 2.33. The SMILES string of the molecule is CC(C)C(c1ccncc1[N+](=O)[O-])C(C)O. The maximum absolute atomic E-state index is 10.9. The first kappa shape index (κ1) is 12.6. The lowest BCUT2D eigenvalue weighted by atomic mass is 9.84. The molecule has 0 saturated heterocycles. The number of hydrogen-bond acceptors (Lipinski definition) is 4. The molecule has 0 aliphatic carbocycles. The molecule has 0 amide bonds. The Morgan fingerprint density at radius 2 is 2.06 bits per heavy atom. The molecule has 0 bridgehead atoms. The summed E-state index contributed by atoms with van der Waals surface area (Å²) in [4.78, 5) is 14.1. The second-order valence-electron chi connectivity index (χ2n) is 4.20. The van der Waals surface area contributed by atoms with Crippen molar-refractivity contribution < 1.29 is 10.0 Å². The molecular weight excluding hydrogens is 208 g/mol. The van der Waals surface area contributed by atoms with Crippen LogP contribution in [0.4, 0.5) is 5.69 Å². The predicted octanol–water partition coefficient (Wildman–Crippen LogP) is 2.11. The maximum atomic E-state index is 10.9. The number of aliphatic hydroxyl groups excluding tert-OH is 1. The molecule has 2 unspecified atom stereocenters. The van der Waals surface area contributed by atoms with Crippen LogP contribution in [0.3, 0.4) is 0 Å². The summed E-state index contributed by atoms with van der Waals surface area (Å²) in [6, 6.07) is 1.61. The van der Waals surface area contributed by atoms with E-state index in [9.17, 15) is 15.2 Å². The van der Waals surface area contributed by atoms with Gasteiger partial charge in [0.15, 0.2) is 0 Å². The van der Waals surface area contributed by atoms with Crippen molar-refractivity contribution in [3.05, 3.63) is 34.1 Å². The topological polar surface area (TPSA) is 76.3 Å². The Bertz CT molecular complexity index is 369. The highest BCUT2D eigenvalue weighted by Gasteiger charge is 2.28. The van der Waals surface area contributed by atoms with Crippen molar-refractivity contribution >= 4 is 5.69 Å². The third kappa shape index (κ3) is 2.55. The summed E-state index contributed by atoms with van der Waals surface area (Å²) in [5, 5.41) is 20.6. The van der Waals surface area contributed by atoms with Crippen molar-refractivity contribution in [3.63, 3.8) is 0 Å². The van der Waals surface area contributed by atoms with Crippen LogP contribution in [-0.2, 0) is 0 Å². The number of nitro groups is 1. The zero-order valence-corrected chi connectivity index (χ0v) is 9.62. The third-order valence-corrected chi connectivity index (χ3v) is 2.63. The van der Waals surface area contributed by atoms with E-state index in [1.807, 2.05) is 13.8 Å². The van der Waals surface area contributed by atoms with E-state index in [0.717, 1.165) is 0 Å². The van der Waals surface area contributed by atoms with Gasteiger partial charge in [-0.2, -0.15) is 0 Å². The number of pyridine rings is 1. The molecule has 1 heterocycles. The van der Waals surface area contributed by atoms with Crippen LogP contribution in [0.5, 0.6) is 0 Å². The number of aromatic nitrogens is 1. The number of aliphatic hydroxyl groups is 1. The molecule has 16 heavy (non-hydrogen) atoms. The van der Waals surface area contributed by atoms with E-state index in [1.54, 1.807) is 13.0 Å². The molecule has 5 heteroatoms. The molecule has 1 aromatic rings. The first-order valence-corrected chi connectivity index (χ1v) is 5.21. The average molecular weight is 224 g/mol. The molecule has 0 fully saturated rings.